The molecule has 0 aromatic carbocycles. The molecular formula is C14H34N2O2. The van der Waals surface area contributed by atoms with E-state index in [0.717, 1.165) is 25.4 Å². The zero-order valence-electron chi connectivity index (χ0n) is 13.5. The van der Waals surface area contributed by atoms with Gasteiger partial charge in [0.2, 0.25) is 6.41 Å². The Bertz CT molecular complexity index is 139. The molecule has 0 saturated carbocycles. The zero-order valence-corrected chi connectivity index (χ0v) is 13.5. The number of hydrogen-bond acceptors (Lipinski definition) is 3. The minimum atomic E-state index is 0.612. The van der Waals surface area contributed by atoms with Gasteiger partial charge in [-0.15, -0.1) is 0 Å². The van der Waals surface area contributed by atoms with Gasteiger partial charge in [0.1, 0.15) is 0 Å². The van der Waals surface area contributed by atoms with Gasteiger partial charge in [-0.1, -0.05) is 41.5 Å². The molecule has 0 saturated heterocycles. The molecule has 1 N–H and O–H groups in total. The van der Waals surface area contributed by atoms with Crippen molar-refractivity contribution in [3.05, 3.63) is 0 Å². The van der Waals surface area contributed by atoms with Crippen molar-refractivity contribution in [1.29, 1.82) is 0 Å². The third kappa shape index (κ3) is 36.1. The molecule has 0 heterocycles. The van der Waals surface area contributed by atoms with Gasteiger partial charge in [-0.2, -0.15) is 0 Å². The van der Waals surface area contributed by atoms with Crippen molar-refractivity contribution in [2.75, 3.05) is 39.9 Å². The predicted octanol–water partition coefficient (Wildman–Crippen LogP) is 2.39. The Balaban J connectivity index is -0.000000317. The third-order valence-corrected chi connectivity index (χ3v) is 1.44. The fourth-order valence-electron chi connectivity index (χ4n) is 0.684. The van der Waals surface area contributed by atoms with Crippen LogP contribution in [0.3, 0.4) is 0 Å². The first-order chi connectivity index (χ1) is 8.54. The average molecular weight is 262 g/mol. The van der Waals surface area contributed by atoms with Crippen molar-refractivity contribution in [2.45, 2.75) is 41.5 Å². The summed E-state index contributed by atoms with van der Waals surface area (Å²) in [6, 6.07) is 0. The van der Waals surface area contributed by atoms with E-state index in [-0.39, 0.29) is 0 Å². The van der Waals surface area contributed by atoms with E-state index in [0.29, 0.717) is 19.8 Å². The highest BCUT2D eigenvalue weighted by Crippen LogP contribution is 1.81. The Kier molecular flexibility index (Phi) is 27.1. The van der Waals surface area contributed by atoms with Gasteiger partial charge in [-0.05, 0) is 12.5 Å². The molecule has 0 atom stereocenters. The lowest BCUT2D eigenvalue weighted by molar-refractivity contribution is -0.117. The molecule has 1 amide bonds. The molecule has 0 aromatic rings. The van der Waals surface area contributed by atoms with Crippen molar-refractivity contribution >= 4 is 6.41 Å². The van der Waals surface area contributed by atoms with Crippen LogP contribution >= 0.6 is 0 Å². The highest BCUT2D eigenvalue weighted by atomic mass is 16.5. The fraction of sp³-hybridized carbons (Fsp3) is 0.929. The summed E-state index contributed by atoms with van der Waals surface area (Å²) in [6.45, 7) is 16.4. The molecule has 0 aliphatic heterocycles. The van der Waals surface area contributed by atoms with E-state index in [1.807, 2.05) is 13.8 Å². The molecule has 4 heteroatoms. The number of nitrogens with one attached hydrogen (secondary N) is 1. The number of ether oxygens (including phenoxy) is 1. The topological polar surface area (TPSA) is 41.6 Å². The summed E-state index contributed by atoms with van der Waals surface area (Å²) in [6.07, 6.45) is 0.799. The van der Waals surface area contributed by atoms with Crippen LogP contribution < -0.4 is 5.32 Å². The number of nitrogens with zero attached hydrogens (tertiary/aromatic N) is 1. The quantitative estimate of drug-likeness (QED) is 0.539. The Hall–Kier alpha value is -0.610. The fourth-order valence-corrected chi connectivity index (χ4v) is 0.684. The Morgan fingerprint density at radius 3 is 2.11 bits per heavy atom. The van der Waals surface area contributed by atoms with Crippen LogP contribution in [0.5, 0.6) is 0 Å². The lowest BCUT2D eigenvalue weighted by atomic mass is 10.3. The number of hydrogen-bond donors (Lipinski definition) is 1. The predicted molar refractivity (Wildman–Crippen MR) is 79.9 cm³/mol. The minimum Gasteiger partial charge on any atom is -0.378 e. The molecule has 0 radical (unpaired) electrons. The Morgan fingerprint density at radius 1 is 1.22 bits per heavy atom. The van der Waals surface area contributed by atoms with Crippen molar-refractivity contribution in [3.63, 3.8) is 0 Å². The monoisotopic (exact) mass is 262 g/mol. The maximum atomic E-state index is 10.1. The molecule has 112 valence electrons. The summed E-state index contributed by atoms with van der Waals surface area (Å²) in [5, 5.41) is 3.14. The van der Waals surface area contributed by atoms with E-state index in [2.05, 4.69) is 33.0 Å². The van der Waals surface area contributed by atoms with Crippen molar-refractivity contribution in [3.8, 4) is 0 Å². The van der Waals surface area contributed by atoms with Crippen molar-refractivity contribution in [1.82, 2.24) is 10.2 Å². The van der Waals surface area contributed by atoms with Crippen molar-refractivity contribution < 1.29 is 9.53 Å². The highest BCUT2D eigenvalue weighted by Gasteiger charge is 1.92. The van der Waals surface area contributed by atoms with Gasteiger partial charge in [0.15, 0.2) is 0 Å². The molecule has 4 nitrogen and oxygen atoms in total. The minimum absolute atomic E-state index is 0.612. The summed E-state index contributed by atoms with van der Waals surface area (Å²) < 4.78 is 5.25. The van der Waals surface area contributed by atoms with Crippen LogP contribution in [0.15, 0.2) is 0 Å². The second-order valence-corrected chi connectivity index (χ2v) is 4.28. The normalized spacial score (nSPS) is 8.89. The standard InChI is InChI=1S/C8H18N2O2.C4H10.C2H6/c1-3-9-4-6-12-7-5-10(2)8-11;1-4(2)3;1-2/h8-9H,3-7H2,1-2H3;4H,1-3H3;1-2H3. The van der Waals surface area contributed by atoms with E-state index < -0.39 is 0 Å². The second-order valence-electron chi connectivity index (χ2n) is 4.28. The largest absolute Gasteiger partial charge is 0.378 e. The number of likely N-dealkylation sites (N-methyl/N-ethyl adjacent to an activating group) is 2. The average Bonchev–Trinajstić information content (AvgIpc) is 2.35. The molecule has 0 spiro atoms. The van der Waals surface area contributed by atoms with Crippen LogP contribution in [0.25, 0.3) is 0 Å². The van der Waals surface area contributed by atoms with E-state index in [1.165, 1.54) is 0 Å². The summed E-state index contributed by atoms with van der Waals surface area (Å²) >= 11 is 0. The maximum Gasteiger partial charge on any atom is 0.209 e. The lowest BCUT2D eigenvalue weighted by Crippen LogP contribution is -2.24. The van der Waals surface area contributed by atoms with Gasteiger partial charge >= 0.3 is 0 Å². The molecule has 0 fully saturated rings. The SMILES string of the molecule is CC.CC(C)C.CCNCCOCCN(C)C=O. The summed E-state index contributed by atoms with van der Waals surface area (Å²) in [5.41, 5.74) is 0. The number of carbonyl (C=O) groups excluding carboxylic acids is 1. The van der Waals surface area contributed by atoms with E-state index in [9.17, 15) is 4.79 Å². The molecule has 18 heavy (non-hydrogen) atoms. The van der Waals surface area contributed by atoms with E-state index in [1.54, 1.807) is 11.9 Å². The van der Waals surface area contributed by atoms with Gasteiger partial charge in [0, 0.05) is 20.1 Å². The van der Waals surface area contributed by atoms with Crippen LogP contribution in [0.4, 0.5) is 0 Å². The smallest absolute Gasteiger partial charge is 0.209 e. The molecule has 0 aromatic heterocycles. The van der Waals surface area contributed by atoms with Gasteiger partial charge in [-0.3, -0.25) is 4.79 Å². The lowest BCUT2D eigenvalue weighted by Gasteiger charge is -2.10. The third-order valence-electron chi connectivity index (χ3n) is 1.44. The van der Waals surface area contributed by atoms with Gasteiger partial charge in [0.25, 0.3) is 0 Å². The first-order valence-electron chi connectivity index (χ1n) is 6.98. The van der Waals surface area contributed by atoms with Gasteiger partial charge < -0.3 is 15.0 Å². The van der Waals surface area contributed by atoms with E-state index in [4.69, 9.17) is 4.74 Å². The Labute approximate surface area is 114 Å². The Morgan fingerprint density at radius 2 is 1.72 bits per heavy atom. The molecule has 0 rings (SSSR count). The molecule has 0 aliphatic rings. The van der Waals surface area contributed by atoms with Crippen LogP contribution in [0.2, 0.25) is 0 Å². The first-order valence-corrected chi connectivity index (χ1v) is 6.98. The summed E-state index contributed by atoms with van der Waals surface area (Å²) in [5.74, 6) is 0.833. The number of amides is 1. The molecular weight excluding hydrogens is 228 g/mol. The maximum absolute atomic E-state index is 10.1. The zero-order chi connectivity index (χ0) is 14.8. The second kappa shape index (κ2) is 21.7. The first kappa shape index (κ1) is 22.6. The van der Waals surface area contributed by atoms with Gasteiger partial charge in [0.05, 0.1) is 13.2 Å². The van der Waals surface area contributed by atoms with Crippen LogP contribution in [0.1, 0.15) is 41.5 Å². The molecule has 0 unspecified atom stereocenters. The number of carbonyl (C=O) groups is 1. The van der Waals surface area contributed by atoms with Crippen LogP contribution in [0, 0.1) is 5.92 Å². The van der Waals surface area contributed by atoms with Crippen LogP contribution in [-0.2, 0) is 9.53 Å². The molecule has 0 aliphatic carbocycles. The van der Waals surface area contributed by atoms with Crippen molar-refractivity contribution in [2.24, 2.45) is 5.92 Å². The van der Waals surface area contributed by atoms with Gasteiger partial charge in [-0.25, -0.2) is 0 Å². The summed E-state index contributed by atoms with van der Waals surface area (Å²) in [7, 11) is 1.74. The van der Waals surface area contributed by atoms with E-state index >= 15 is 0 Å². The summed E-state index contributed by atoms with van der Waals surface area (Å²) in [4.78, 5) is 11.7. The molecule has 0 bridgehead atoms. The van der Waals surface area contributed by atoms with Crippen LogP contribution in [-0.4, -0.2) is 51.2 Å². The number of rotatable bonds is 8. The highest BCUT2D eigenvalue weighted by molar-refractivity contribution is 5.46.